The minimum absolute atomic E-state index is 0.0351. The fraction of sp³-hybridized carbons (Fsp3) is 0.417. The van der Waals surface area contributed by atoms with Gasteiger partial charge in [-0.05, 0) is 19.9 Å². The quantitative estimate of drug-likeness (QED) is 0.945. The molecule has 0 aromatic carbocycles. The van der Waals surface area contributed by atoms with Crippen molar-refractivity contribution in [3.8, 4) is 0 Å². The molecule has 2 heterocycles. The van der Waals surface area contributed by atoms with Gasteiger partial charge in [0.25, 0.3) is 0 Å². The summed E-state index contributed by atoms with van der Waals surface area (Å²) in [6, 6.07) is 2.61. The van der Waals surface area contributed by atoms with Gasteiger partial charge in [0.1, 0.15) is 6.67 Å². The van der Waals surface area contributed by atoms with Crippen molar-refractivity contribution in [3.05, 3.63) is 29.2 Å². The minimum atomic E-state index is -4.48. The van der Waals surface area contributed by atoms with Crippen molar-refractivity contribution in [3.63, 3.8) is 0 Å². The van der Waals surface area contributed by atoms with Crippen molar-refractivity contribution in [1.82, 2.24) is 19.6 Å². The van der Waals surface area contributed by atoms with Gasteiger partial charge in [0.15, 0.2) is 11.5 Å². The number of anilines is 1. The summed E-state index contributed by atoms with van der Waals surface area (Å²) in [6.07, 6.45) is -4.48. The van der Waals surface area contributed by atoms with Crippen LogP contribution < -0.4 is 5.32 Å². The Morgan fingerprint density at radius 1 is 1.19 bits per heavy atom. The maximum atomic E-state index is 12.6. The summed E-state index contributed by atoms with van der Waals surface area (Å²) >= 11 is 0. The van der Waals surface area contributed by atoms with Crippen LogP contribution in [0, 0.1) is 13.8 Å². The third-order valence-electron chi connectivity index (χ3n) is 2.82. The Kier molecular flexibility index (Phi) is 3.75. The van der Waals surface area contributed by atoms with E-state index in [0.717, 1.165) is 6.07 Å². The predicted molar refractivity (Wildman–Crippen MR) is 68.6 cm³/mol. The molecule has 0 aliphatic carbocycles. The molecule has 0 saturated carbocycles. The molecule has 9 heteroatoms. The smallest absolute Gasteiger partial charge is 0.309 e. The van der Waals surface area contributed by atoms with Crippen LogP contribution in [0.3, 0.4) is 0 Å². The standard InChI is InChI=1S/C12H14F3N5O/c1-7-4-10(12(13,14)15)17-19(7)6-20-8(2)5-11(18-20)16-9(3)21/h4-5H,6H2,1-3H3,(H,16,18,21). The van der Waals surface area contributed by atoms with Crippen LogP contribution in [0.15, 0.2) is 12.1 Å². The molecular weight excluding hydrogens is 287 g/mol. The molecule has 6 nitrogen and oxygen atoms in total. The molecule has 2 rings (SSSR count). The average Bonchev–Trinajstić information content (AvgIpc) is 2.83. The monoisotopic (exact) mass is 301 g/mol. The summed E-state index contributed by atoms with van der Waals surface area (Å²) in [5, 5.41) is 10.1. The lowest BCUT2D eigenvalue weighted by atomic mass is 10.4. The molecule has 0 atom stereocenters. The van der Waals surface area contributed by atoms with Crippen LogP contribution >= 0.6 is 0 Å². The summed E-state index contributed by atoms with van der Waals surface area (Å²) < 4.78 is 40.5. The number of amides is 1. The van der Waals surface area contributed by atoms with E-state index in [1.807, 2.05) is 0 Å². The highest BCUT2D eigenvalue weighted by molar-refractivity contribution is 5.87. The number of carbonyl (C=O) groups is 1. The zero-order valence-electron chi connectivity index (χ0n) is 11.7. The Bertz CT molecular complexity index is 671. The zero-order chi connectivity index (χ0) is 15.8. The lowest BCUT2D eigenvalue weighted by Gasteiger charge is -2.07. The second-order valence-electron chi connectivity index (χ2n) is 4.66. The number of aromatic nitrogens is 4. The number of carbonyl (C=O) groups excluding carboxylic acids is 1. The molecule has 0 fully saturated rings. The van der Waals surface area contributed by atoms with Crippen molar-refractivity contribution in [1.29, 1.82) is 0 Å². The first-order valence-corrected chi connectivity index (χ1v) is 6.10. The number of halogens is 3. The predicted octanol–water partition coefficient (Wildman–Crippen LogP) is 2.18. The van der Waals surface area contributed by atoms with Crippen LogP contribution in [0.5, 0.6) is 0 Å². The summed E-state index contributed by atoms with van der Waals surface area (Å²) in [5.41, 5.74) is 0.132. The number of nitrogens with zero attached hydrogens (tertiary/aromatic N) is 4. The van der Waals surface area contributed by atoms with Crippen LogP contribution in [0.25, 0.3) is 0 Å². The van der Waals surface area contributed by atoms with E-state index in [1.165, 1.54) is 23.2 Å². The van der Waals surface area contributed by atoms with Crippen molar-refractivity contribution < 1.29 is 18.0 Å². The van der Waals surface area contributed by atoms with E-state index >= 15 is 0 Å². The first-order valence-electron chi connectivity index (χ1n) is 6.10. The van der Waals surface area contributed by atoms with Gasteiger partial charge in [-0.1, -0.05) is 0 Å². The van der Waals surface area contributed by atoms with Crippen molar-refractivity contribution >= 4 is 11.7 Å². The lowest BCUT2D eigenvalue weighted by molar-refractivity contribution is -0.141. The normalized spacial score (nSPS) is 11.7. The number of alkyl halides is 3. The van der Waals surface area contributed by atoms with E-state index in [-0.39, 0.29) is 12.6 Å². The maximum Gasteiger partial charge on any atom is 0.435 e. The van der Waals surface area contributed by atoms with Gasteiger partial charge in [0.2, 0.25) is 5.91 Å². The molecule has 114 valence electrons. The molecule has 0 unspecified atom stereocenters. The Morgan fingerprint density at radius 2 is 1.76 bits per heavy atom. The second-order valence-corrected chi connectivity index (χ2v) is 4.66. The molecule has 0 aliphatic heterocycles. The van der Waals surface area contributed by atoms with Crippen LogP contribution in [-0.4, -0.2) is 25.5 Å². The first kappa shape index (κ1) is 15.1. The van der Waals surface area contributed by atoms with Crippen LogP contribution in [0.2, 0.25) is 0 Å². The number of hydrogen-bond acceptors (Lipinski definition) is 3. The van der Waals surface area contributed by atoms with Gasteiger partial charge in [-0.25, -0.2) is 9.36 Å². The molecule has 1 N–H and O–H groups in total. The van der Waals surface area contributed by atoms with E-state index in [0.29, 0.717) is 17.2 Å². The van der Waals surface area contributed by atoms with Gasteiger partial charge >= 0.3 is 6.18 Å². The Balaban J connectivity index is 2.24. The summed E-state index contributed by atoms with van der Waals surface area (Å²) in [5.74, 6) is 0.0788. The Labute approximate surface area is 118 Å². The Hall–Kier alpha value is -2.32. The molecule has 0 radical (unpaired) electrons. The third kappa shape index (κ3) is 3.41. The number of rotatable bonds is 3. The van der Waals surface area contributed by atoms with E-state index in [2.05, 4.69) is 15.5 Å². The van der Waals surface area contributed by atoms with Gasteiger partial charge in [-0.15, -0.1) is 0 Å². The third-order valence-corrected chi connectivity index (χ3v) is 2.82. The molecule has 0 saturated heterocycles. The average molecular weight is 301 g/mol. The van der Waals surface area contributed by atoms with E-state index in [1.54, 1.807) is 13.0 Å². The van der Waals surface area contributed by atoms with E-state index in [4.69, 9.17) is 0 Å². The van der Waals surface area contributed by atoms with Gasteiger partial charge in [-0.2, -0.15) is 23.4 Å². The van der Waals surface area contributed by atoms with Crippen molar-refractivity contribution in [2.24, 2.45) is 0 Å². The molecule has 21 heavy (non-hydrogen) atoms. The van der Waals surface area contributed by atoms with Gasteiger partial charge in [0.05, 0.1) is 0 Å². The highest BCUT2D eigenvalue weighted by Crippen LogP contribution is 2.28. The maximum absolute atomic E-state index is 12.6. The summed E-state index contributed by atoms with van der Waals surface area (Å²) in [4.78, 5) is 11.0. The highest BCUT2D eigenvalue weighted by atomic mass is 19.4. The fourth-order valence-corrected chi connectivity index (χ4v) is 1.81. The van der Waals surface area contributed by atoms with Crippen molar-refractivity contribution in [2.75, 3.05) is 5.32 Å². The highest BCUT2D eigenvalue weighted by Gasteiger charge is 2.34. The summed E-state index contributed by atoms with van der Waals surface area (Å²) in [7, 11) is 0. The molecule has 2 aromatic heterocycles. The minimum Gasteiger partial charge on any atom is -0.309 e. The van der Waals surface area contributed by atoms with E-state index < -0.39 is 11.9 Å². The molecule has 2 aromatic rings. The molecule has 0 bridgehead atoms. The fourth-order valence-electron chi connectivity index (χ4n) is 1.81. The largest absolute Gasteiger partial charge is 0.435 e. The molecule has 0 spiro atoms. The lowest BCUT2D eigenvalue weighted by Crippen LogP contribution is -2.15. The van der Waals surface area contributed by atoms with Gasteiger partial charge in [-0.3, -0.25) is 4.79 Å². The van der Waals surface area contributed by atoms with Crippen LogP contribution in [-0.2, 0) is 17.6 Å². The number of hydrogen-bond donors (Lipinski definition) is 1. The molecular formula is C12H14F3N5O. The van der Waals surface area contributed by atoms with Gasteiger partial charge < -0.3 is 5.32 Å². The van der Waals surface area contributed by atoms with Crippen LogP contribution in [0.1, 0.15) is 24.0 Å². The first-order chi connectivity index (χ1) is 9.66. The second kappa shape index (κ2) is 5.23. The van der Waals surface area contributed by atoms with Gasteiger partial charge in [0, 0.05) is 24.4 Å². The van der Waals surface area contributed by atoms with Crippen molar-refractivity contribution in [2.45, 2.75) is 33.6 Å². The topological polar surface area (TPSA) is 64.7 Å². The van der Waals surface area contributed by atoms with Crippen LogP contribution in [0.4, 0.5) is 19.0 Å². The van der Waals surface area contributed by atoms with E-state index in [9.17, 15) is 18.0 Å². The molecule has 0 aliphatic rings. The zero-order valence-corrected chi connectivity index (χ0v) is 11.7. The summed E-state index contributed by atoms with van der Waals surface area (Å²) in [6.45, 7) is 4.66. The number of nitrogens with one attached hydrogen (secondary N) is 1. The molecule has 1 amide bonds. The Morgan fingerprint density at radius 3 is 2.29 bits per heavy atom. The SMILES string of the molecule is CC(=O)Nc1cc(C)n(Cn2nc(C(F)(F)F)cc2C)n1. The number of aryl methyl sites for hydroxylation is 2.